The van der Waals surface area contributed by atoms with Gasteiger partial charge in [0.25, 0.3) is 0 Å². The molecule has 0 saturated heterocycles. The Kier molecular flexibility index (Phi) is 3.36. The van der Waals surface area contributed by atoms with E-state index in [0.29, 0.717) is 12.5 Å². The van der Waals surface area contributed by atoms with Crippen molar-refractivity contribution in [2.75, 3.05) is 19.0 Å². The number of hydrogen-bond acceptors (Lipinski definition) is 2. The summed E-state index contributed by atoms with van der Waals surface area (Å²) in [6.45, 7) is 2.75. The lowest BCUT2D eigenvalue weighted by molar-refractivity contribution is -0.122. The molecule has 3 nitrogen and oxygen atoms in total. The van der Waals surface area contributed by atoms with Gasteiger partial charge in [0.2, 0.25) is 5.91 Å². The first-order valence-corrected chi connectivity index (χ1v) is 6.12. The van der Waals surface area contributed by atoms with Crippen LogP contribution < -0.4 is 10.2 Å². The number of nitrogens with one attached hydrogen (secondary N) is 1. The summed E-state index contributed by atoms with van der Waals surface area (Å²) in [5.74, 6) is 1.03. The van der Waals surface area contributed by atoms with E-state index in [4.69, 9.17) is 0 Å². The second-order valence-corrected chi connectivity index (χ2v) is 5.10. The number of nitrogens with zero attached hydrogens (tertiary/aromatic N) is 1. The van der Waals surface area contributed by atoms with Crippen molar-refractivity contribution in [1.82, 2.24) is 5.32 Å². The number of carbonyl (C=O) groups excluding carboxylic acids is 1. The topological polar surface area (TPSA) is 32.3 Å². The second-order valence-electron chi connectivity index (χ2n) is 5.10. The standard InChI is InChI=1S/C14H20N2O/c1-10-7-13(10)14(17)15-9-11-5-4-6-12(8-11)16(2)3/h4-6,8,10,13H,7,9H2,1-3H3,(H,15,17)/t10-,13+/m0/s1. The van der Waals surface area contributed by atoms with Crippen molar-refractivity contribution in [3.63, 3.8) is 0 Å². The van der Waals surface area contributed by atoms with Crippen molar-refractivity contribution in [3.05, 3.63) is 29.8 Å². The van der Waals surface area contributed by atoms with E-state index in [0.717, 1.165) is 17.7 Å². The van der Waals surface area contributed by atoms with Crippen LogP contribution in [0.2, 0.25) is 0 Å². The smallest absolute Gasteiger partial charge is 0.223 e. The van der Waals surface area contributed by atoms with Gasteiger partial charge in [-0.05, 0) is 30.0 Å². The van der Waals surface area contributed by atoms with E-state index in [1.54, 1.807) is 0 Å². The van der Waals surface area contributed by atoms with Gasteiger partial charge >= 0.3 is 0 Å². The first kappa shape index (κ1) is 12.0. The molecule has 1 aromatic carbocycles. The first-order valence-electron chi connectivity index (χ1n) is 6.12. The minimum atomic E-state index is 0.202. The average Bonchev–Trinajstić information content (AvgIpc) is 3.04. The number of rotatable bonds is 4. The van der Waals surface area contributed by atoms with E-state index in [1.807, 2.05) is 26.2 Å². The number of anilines is 1. The molecule has 1 aliphatic rings. The van der Waals surface area contributed by atoms with Crippen molar-refractivity contribution in [2.45, 2.75) is 19.9 Å². The zero-order valence-electron chi connectivity index (χ0n) is 10.7. The molecule has 17 heavy (non-hydrogen) atoms. The van der Waals surface area contributed by atoms with Gasteiger partial charge in [-0.25, -0.2) is 0 Å². The molecule has 1 aliphatic carbocycles. The van der Waals surface area contributed by atoms with Gasteiger partial charge in [0.15, 0.2) is 0 Å². The lowest BCUT2D eigenvalue weighted by atomic mass is 10.2. The highest BCUT2D eigenvalue weighted by atomic mass is 16.2. The molecule has 0 aliphatic heterocycles. The quantitative estimate of drug-likeness (QED) is 0.861. The van der Waals surface area contributed by atoms with Crippen LogP contribution in [0.4, 0.5) is 5.69 Å². The van der Waals surface area contributed by atoms with Gasteiger partial charge in [-0.2, -0.15) is 0 Å². The Balaban J connectivity index is 1.90. The lowest BCUT2D eigenvalue weighted by Gasteiger charge is -2.13. The molecule has 0 bridgehead atoms. The van der Waals surface area contributed by atoms with Gasteiger partial charge in [0.05, 0.1) is 0 Å². The van der Waals surface area contributed by atoms with Gasteiger partial charge < -0.3 is 10.2 Å². The van der Waals surface area contributed by atoms with E-state index in [1.165, 1.54) is 0 Å². The first-order chi connectivity index (χ1) is 8.08. The molecule has 0 aromatic heterocycles. The maximum absolute atomic E-state index is 11.7. The zero-order valence-corrected chi connectivity index (χ0v) is 10.7. The van der Waals surface area contributed by atoms with Crippen molar-refractivity contribution < 1.29 is 4.79 Å². The SMILES string of the molecule is C[C@H]1C[C@H]1C(=O)NCc1cccc(N(C)C)c1. The van der Waals surface area contributed by atoms with Gasteiger partial charge in [0.1, 0.15) is 0 Å². The summed E-state index contributed by atoms with van der Waals surface area (Å²) in [5, 5.41) is 3.00. The van der Waals surface area contributed by atoms with Gasteiger partial charge in [0, 0.05) is 32.2 Å². The minimum absolute atomic E-state index is 0.202. The molecule has 2 rings (SSSR count). The highest BCUT2D eigenvalue weighted by Crippen LogP contribution is 2.37. The fraction of sp³-hybridized carbons (Fsp3) is 0.500. The normalized spacial score (nSPS) is 22.1. The van der Waals surface area contributed by atoms with E-state index >= 15 is 0 Å². The molecule has 0 radical (unpaired) electrons. The maximum Gasteiger partial charge on any atom is 0.223 e. The second kappa shape index (κ2) is 4.78. The Hall–Kier alpha value is -1.51. The molecule has 1 amide bonds. The monoisotopic (exact) mass is 232 g/mol. The third kappa shape index (κ3) is 2.99. The molecular formula is C14H20N2O. The fourth-order valence-electron chi connectivity index (χ4n) is 1.95. The molecule has 2 atom stereocenters. The molecule has 3 heteroatoms. The molecule has 1 saturated carbocycles. The zero-order chi connectivity index (χ0) is 12.4. The molecule has 0 unspecified atom stereocenters. The summed E-state index contributed by atoms with van der Waals surface area (Å²) in [7, 11) is 4.03. The van der Waals surface area contributed by atoms with E-state index in [-0.39, 0.29) is 11.8 Å². The molecule has 1 aromatic rings. The Morgan fingerprint density at radius 3 is 2.76 bits per heavy atom. The number of amides is 1. The summed E-state index contributed by atoms with van der Waals surface area (Å²) in [6, 6.07) is 8.24. The molecule has 92 valence electrons. The van der Waals surface area contributed by atoms with Crippen LogP contribution in [0.15, 0.2) is 24.3 Å². The van der Waals surface area contributed by atoms with Gasteiger partial charge in [-0.3, -0.25) is 4.79 Å². The summed E-state index contributed by atoms with van der Waals surface area (Å²) in [5.41, 5.74) is 2.31. The number of carbonyl (C=O) groups is 1. The Morgan fingerprint density at radius 2 is 2.18 bits per heavy atom. The maximum atomic E-state index is 11.7. The van der Waals surface area contributed by atoms with Crippen LogP contribution in [0.25, 0.3) is 0 Å². The summed E-state index contributed by atoms with van der Waals surface area (Å²) in [6.07, 6.45) is 1.05. The molecule has 0 spiro atoms. The van der Waals surface area contributed by atoms with Crippen molar-refractivity contribution in [1.29, 1.82) is 0 Å². The van der Waals surface area contributed by atoms with Crippen LogP contribution >= 0.6 is 0 Å². The van der Waals surface area contributed by atoms with Crippen LogP contribution in [-0.2, 0) is 11.3 Å². The molecule has 1 fully saturated rings. The predicted molar refractivity (Wildman–Crippen MR) is 69.9 cm³/mol. The van der Waals surface area contributed by atoms with Crippen molar-refractivity contribution >= 4 is 11.6 Å². The van der Waals surface area contributed by atoms with Crippen LogP contribution in [0.3, 0.4) is 0 Å². The van der Waals surface area contributed by atoms with E-state index in [9.17, 15) is 4.79 Å². The third-order valence-corrected chi connectivity index (χ3v) is 3.34. The fourth-order valence-corrected chi connectivity index (χ4v) is 1.95. The van der Waals surface area contributed by atoms with E-state index in [2.05, 4.69) is 29.3 Å². The predicted octanol–water partition coefficient (Wildman–Crippen LogP) is 2.02. The number of hydrogen-bond donors (Lipinski definition) is 1. The average molecular weight is 232 g/mol. The Morgan fingerprint density at radius 1 is 1.47 bits per heavy atom. The summed E-state index contributed by atoms with van der Waals surface area (Å²) >= 11 is 0. The Bertz CT molecular complexity index is 414. The van der Waals surface area contributed by atoms with Crippen LogP contribution in [0.5, 0.6) is 0 Å². The molecule has 0 heterocycles. The molecule has 1 N–H and O–H groups in total. The van der Waals surface area contributed by atoms with Gasteiger partial charge in [-0.15, -0.1) is 0 Å². The lowest BCUT2D eigenvalue weighted by Crippen LogP contribution is -2.24. The minimum Gasteiger partial charge on any atom is -0.378 e. The molecular weight excluding hydrogens is 212 g/mol. The van der Waals surface area contributed by atoms with E-state index < -0.39 is 0 Å². The van der Waals surface area contributed by atoms with Crippen LogP contribution in [0.1, 0.15) is 18.9 Å². The third-order valence-electron chi connectivity index (χ3n) is 3.34. The number of benzene rings is 1. The van der Waals surface area contributed by atoms with Crippen LogP contribution in [0, 0.1) is 11.8 Å². The largest absolute Gasteiger partial charge is 0.378 e. The van der Waals surface area contributed by atoms with Crippen molar-refractivity contribution in [3.8, 4) is 0 Å². The Labute approximate surface area is 103 Å². The summed E-state index contributed by atoms with van der Waals surface area (Å²) < 4.78 is 0. The van der Waals surface area contributed by atoms with Gasteiger partial charge in [-0.1, -0.05) is 19.1 Å². The summed E-state index contributed by atoms with van der Waals surface area (Å²) in [4.78, 5) is 13.8. The van der Waals surface area contributed by atoms with Crippen LogP contribution in [-0.4, -0.2) is 20.0 Å². The highest BCUT2D eigenvalue weighted by Gasteiger charge is 2.38. The highest BCUT2D eigenvalue weighted by molar-refractivity contribution is 5.81. The van der Waals surface area contributed by atoms with Crippen molar-refractivity contribution in [2.24, 2.45) is 11.8 Å².